The summed E-state index contributed by atoms with van der Waals surface area (Å²) in [6, 6.07) is 0. The molecule has 0 unspecified atom stereocenters. The third kappa shape index (κ3) is 2.56. The molecular weight excluding hydrogens is 204 g/mol. The minimum atomic E-state index is -0.112. The molecule has 0 aliphatic rings. The summed E-state index contributed by atoms with van der Waals surface area (Å²) in [4.78, 5) is 18.7. The second-order valence-electron chi connectivity index (χ2n) is 2.66. The number of amides is 1. The molecule has 0 saturated carbocycles. The minimum Gasteiger partial charge on any atom is -0.361 e. The summed E-state index contributed by atoms with van der Waals surface area (Å²) in [5.74, 6) is 0.465. The lowest BCUT2D eigenvalue weighted by atomic mass is 10.3. The van der Waals surface area contributed by atoms with Gasteiger partial charge in [-0.1, -0.05) is 11.6 Å². The average Bonchev–Trinajstić information content (AvgIpc) is 2.20. The molecule has 1 aromatic rings. The summed E-state index contributed by atoms with van der Waals surface area (Å²) in [6.45, 7) is 1.96. The first-order chi connectivity index (χ1) is 6.65. The normalized spacial score (nSPS) is 9.64. The molecule has 6 heteroatoms. The van der Waals surface area contributed by atoms with E-state index in [1.54, 1.807) is 14.0 Å². The highest BCUT2D eigenvalue weighted by Crippen LogP contribution is 2.17. The summed E-state index contributed by atoms with van der Waals surface area (Å²) >= 11 is 5.77. The first-order valence-corrected chi connectivity index (χ1v) is 4.44. The maximum absolute atomic E-state index is 10.9. The van der Waals surface area contributed by atoms with Crippen molar-refractivity contribution in [2.75, 3.05) is 18.9 Å². The second kappa shape index (κ2) is 4.76. The van der Waals surface area contributed by atoms with Crippen LogP contribution >= 0.6 is 11.6 Å². The lowest BCUT2D eigenvalue weighted by Gasteiger charge is -2.07. The number of nitrogens with one attached hydrogen (secondary N) is 2. The number of hydrogen-bond acceptors (Lipinski definition) is 4. The van der Waals surface area contributed by atoms with Crippen LogP contribution < -0.4 is 10.6 Å². The van der Waals surface area contributed by atoms with E-state index >= 15 is 0 Å². The number of carbonyl (C=O) groups is 1. The molecule has 14 heavy (non-hydrogen) atoms. The van der Waals surface area contributed by atoms with Gasteiger partial charge in [0.2, 0.25) is 5.91 Å². The first-order valence-electron chi connectivity index (χ1n) is 4.06. The predicted octanol–water partition coefficient (Wildman–Crippen LogP) is 0.596. The molecule has 1 heterocycles. The van der Waals surface area contributed by atoms with Gasteiger partial charge < -0.3 is 10.6 Å². The number of halogens is 1. The van der Waals surface area contributed by atoms with E-state index in [2.05, 4.69) is 20.6 Å². The molecule has 0 aliphatic heterocycles. The molecule has 76 valence electrons. The highest BCUT2D eigenvalue weighted by Gasteiger charge is 2.05. The van der Waals surface area contributed by atoms with Gasteiger partial charge in [-0.15, -0.1) is 0 Å². The Kier molecular flexibility index (Phi) is 3.64. The Bertz CT molecular complexity index is 342. The van der Waals surface area contributed by atoms with Gasteiger partial charge in [0.15, 0.2) is 0 Å². The molecule has 0 spiro atoms. The van der Waals surface area contributed by atoms with Crippen molar-refractivity contribution in [3.05, 3.63) is 17.0 Å². The van der Waals surface area contributed by atoms with Crippen molar-refractivity contribution in [2.24, 2.45) is 0 Å². The standard InChI is InChI=1S/C8H11ClN4O/c1-5-7(9)12-4-13-8(5)11-3-6(14)10-2/h4H,3H2,1-2H3,(H,10,14)(H,11,12,13). The van der Waals surface area contributed by atoms with Gasteiger partial charge >= 0.3 is 0 Å². The van der Waals surface area contributed by atoms with Crippen LogP contribution in [-0.4, -0.2) is 29.5 Å². The zero-order valence-electron chi connectivity index (χ0n) is 7.97. The number of aromatic nitrogens is 2. The fourth-order valence-electron chi connectivity index (χ4n) is 0.859. The van der Waals surface area contributed by atoms with Crippen LogP contribution in [0.4, 0.5) is 5.82 Å². The van der Waals surface area contributed by atoms with Gasteiger partial charge in [0.1, 0.15) is 17.3 Å². The molecule has 0 atom stereocenters. The number of rotatable bonds is 3. The molecule has 1 aromatic heterocycles. The summed E-state index contributed by atoms with van der Waals surface area (Å²) < 4.78 is 0. The van der Waals surface area contributed by atoms with Crippen LogP contribution in [0.2, 0.25) is 5.15 Å². The third-order valence-electron chi connectivity index (χ3n) is 1.72. The van der Waals surface area contributed by atoms with E-state index in [0.29, 0.717) is 11.0 Å². The molecule has 0 radical (unpaired) electrons. The Labute approximate surface area is 86.9 Å². The van der Waals surface area contributed by atoms with Crippen LogP contribution in [-0.2, 0) is 4.79 Å². The van der Waals surface area contributed by atoms with Crippen molar-refractivity contribution in [2.45, 2.75) is 6.92 Å². The van der Waals surface area contributed by atoms with E-state index in [1.807, 2.05) is 0 Å². The summed E-state index contributed by atoms with van der Waals surface area (Å²) in [6.07, 6.45) is 1.35. The van der Waals surface area contributed by atoms with E-state index in [1.165, 1.54) is 6.33 Å². The average molecular weight is 215 g/mol. The minimum absolute atomic E-state index is 0.112. The van der Waals surface area contributed by atoms with E-state index in [4.69, 9.17) is 11.6 Å². The smallest absolute Gasteiger partial charge is 0.239 e. The van der Waals surface area contributed by atoms with E-state index in [9.17, 15) is 4.79 Å². The van der Waals surface area contributed by atoms with Crippen molar-refractivity contribution < 1.29 is 4.79 Å². The van der Waals surface area contributed by atoms with Crippen molar-refractivity contribution in [3.8, 4) is 0 Å². The maximum atomic E-state index is 10.9. The van der Waals surface area contributed by atoms with Gasteiger partial charge in [-0.2, -0.15) is 0 Å². The number of nitrogens with zero attached hydrogens (tertiary/aromatic N) is 2. The molecule has 5 nitrogen and oxygen atoms in total. The van der Waals surface area contributed by atoms with Crippen molar-refractivity contribution >= 4 is 23.3 Å². The molecular formula is C8H11ClN4O. The molecule has 1 amide bonds. The molecule has 0 aromatic carbocycles. The van der Waals surface area contributed by atoms with Gasteiger partial charge in [-0.05, 0) is 6.92 Å². The van der Waals surface area contributed by atoms with Crippen molar-refractivity contribution in [1.82, 2.24) is 15.3 Å². The fraction of sp³-hybridized carbons (Fsp3) is 0.375. The van der Waals surface area contributed by atoms with Crippen LogP contribution in [0.15, 0.2) is 6.33 Å². The highest BCUT2D eigenvalue weighted by molar-refractivity contribution is 6.30. The predicted molar refractivity (Wildman–Crippen MR) is 54.3 cm³/mol. The fourth-order valence-corrected chi connectivity index (χ4v) is 0.992. The van der Waals surface area contributed by atoms with Crippen LogP contribution in [0.1, 0.15) is 5.56 Å². The van der Waals surface area contributed by atoms with E-state index in [-0.39, 0.29) is 12.5 Å². The lowest BCUT2D eigenvalue weighted by molar-refractivity contribution is -0.118. The zero-order valence-corrected chi connectivity index (χ0v) is 8.72. The van der Waals surface area contributed by atoms with Gasteiger partial charge in [0.05, 0.1) is 6.54 Å². The van der Waals surface area contributed by atoms with Crippen molar-refractivity contribution in [3.63, 3.8) is 0 Å². The number of likely N-dealkylation sites (N-methyl/N-ethyl adjacent to an activating group) is 1. The number of anilines is 1. The Morgan fingerprint density at radius 2 is 2.29 bits per heavy atom. The number of hydrogen-bond donors (Lipinski definition) is 2. The molecule has 1 rings (SSSR count). The van der Waals surface area contributed by atoms with Gasteiger partial charge in [0, 0.05) is 12.6 Å². The lowest BCUT2D eigenvalue weighted by Crippen LogP contribution is -2.26. The highest BCUT2D eigenvalue weighted by atomic mass is 35.5. The van der Waals surface area contributed by atoms with Gasteiger partial charge in [-0.25, -0.2) is 9.97 Å². The zero-order chi connectivity index (χ0) is 10.6. The van der Waals surface area contributed by atoms with Crippen LogP contribution in [0.3, 0.4) is 0 Å². The largest absolute Gasteiger partial charge is 0.361 e. The maximum Gasteiger partial charge on any atom is 0.239 e. The first kappa shape index (κ1) is 10.7. The van der Waals surface area contributed by atoms with E-state index < -0.39 is 0 Å². The Morgan fingerprint density at radius 3 is 2.93 bits per heavy atom. The third-order valence-corrected chi connectivity index (χ3v) is 2.10. The summed E-state index contributed by atoms with van der Waals surface area (Å²) in [5.41, 5.74) is 0.734. The molecule has 0 fully saturated rings. The van der Waals surface area contributed by atoms with Gasteiger partial charge in [0.25, 0.3) is 0 Å². The summed E-state index contributed by atoms with van der Waals surface area (Å²) in [5, 5.41) is 5.74. The topological polar surface area (TPSA) is 66.9 Å². The Balaban J connectivity index is 2.68. The Hall–Kier alpha value is -1.36. The quantitative estimate of drug-likeness (QED) is 0.723. The van der Waals surface area contributed by atoms with Crippen LogP contribution in [0, 0.1) is 6.92 Å². The molecule has 2 N–H and O–H groups in total. The second-order valence-corrected chi connectivity index (χ2v) is 3.02. The van der Waals surface area contributed by atoms with E-state index in [0.717, 1.165) is 5.56 Å². The molecule has 0 saturated heterocycles. The summed E-state index contributed by atoms with van der Waals surface area (Å²) in [7, 11) is 1.57. The molecule has 0 bridgehead atoms. The van der Waals surface area contributed by atoms with Crippen LogP contribution in [0.25, 0.3) is 0 Å². The molecule has 0 aliphatic carbocycles. The van der Waals surface area contributed by atoms with Gasteiger partial charge in [-0.3, -0.25) is 4.79 Å². The van der Waals surface area contributed by atoms with Crippen LogP contribution in [0.5, 0.6) is 0 Å². The SMILES string of the molecule is CNC(=O)CNc1ncnc(Cl)c1C. The number of carbonyl (C=O) groups excluding carboxylic acids is 1. The van der Waals surface area contributed by atoms with Crippen molar-refractivity contribution in [1.29, 1.82) is 0 Å². The Morgan fingerprint density at radius 1 is 1.57 bits per heavy atom. The monoisotopic (exact) mass is 214 g/mol.